The molecule has 10 heteroatoms. The summed E-state index contributed by atoms with van der Waals surface area (Å²) in [6.07, 6.45) is -0.328. The monoisotopic (exact) mass is 467 g/mol. The van der Waals surface area contributed by atoms with E-state index in [1.54, 1.807) is 36.6 Å². The van der Waals surface area contributed by atoms with Crippen LogP contribution in [-0.4, -0.2) is 25.6 Å². The number of Topliss-reactive ketones (excluding diaryl/α,β-unsaturated/α-hetero) is 1. The van der Waals surface area contributed by atoms with Gasteiger partial charge in [0, 0.05) is 12.0 Å². The highest BCUT2D eigenvalue weighted by atomic mass is 32.2. The van der Waals surface area contributed by atoms with E-state index in [1.807, 2.05) is 0 Å². The maximum Gasteiger partial charge on any atom is 0.501 e. The van der Waals surface area contributed by atoms with Crippen LogP contribution in [0.2, 0.25) is 0 Å². The molecule has 0 aliphatic heterocycles. The van der Waals surface area contributed by atoms with Crippen molar-refractivity contribution in [2.45, 2.75) is 23.7 Å². The maximum absolute atomic E-state index is 12.8. The second-order valence-electron chi connectivity index (χ2n) is 6.63. The van der Waals surface area contributed by atoms with E-state index in [9.17, 15) is 31.2 Å². The van der Waals surface area contributed by atoms with Crippen molar-refractivity contribution in [1.29, 1.82) is 0 Å². The van der Waals surface area contributed by atoms with E-state index in [-0.39, 0.29) is 17.5 Å². The fourth-order valence-electron chi connectivity index (χ4n) is 2.86. The van der Waals surface area contributed by atoms with Crippen molar-refractivity contribution in [3.8, 4) is 0 Å². The number of sulfone groups is 1. The standard InChI is InChI=1S/C21H16F3NO4S2/c1-13-5-2-3-8-16(13)19(27)25-20-17(9-10-30-20)18(26)12-14-6-4-7-15(11-14)31(28,29)21(22,23)24/h2-11H,12H2,1H3,(H,25,27). The van der Waals surface area contributed by atoms with E-state index in [1.165, 1.54) is 12.1 Å². The van der Waals surface area contributed by atoms with E-state index in [0.717, 1.165) is 35.1 Å². The zero-order valence-corrected chi connectivity index (χ0v) is 17.7. The number of carbonyl (C=O) groups is 2. The van der Waals surface area contributed by atoms with Gasteiger partial charge in [-0.2, -0.15) is 13.2 Å². The van der Waals surface area contributed by atoms with Gasteiger partial charge in [0.15, 0.2) is 5.78 Å². The first-order valence-electron chi connectivity index (χ1n) is 8.88. The Hall–Kier alpha value is -2.98. The van der Waals surface area contributed by atoms with Crippen molar-refractivity contribution >= 4 is 37.9 Å². The molecule has 5 nitrogen and oxygen atoms in total. The Morgan fingerprint density at radius 3 is 2.39 bits per heavy atom. The molecule has 1 heterocycles. The summed E-state index contributed by atoms with van der Waals surface area (Å²) in [4.78, 5) is 24.3. The summed E-state index contributed by atoms with van der Waals surface area (Å²) >= 11 is 1.13. The van der Waals surface area contributed by atoms with Crippen LogP contribution in [0.4, 0.5) is 18.2 Å². The summed E-state index contributed by atoms with van der Waals surface area (Å²) in [5, 5.41) is 4.59. The van der Waals surface area contributed by atoms with Crippen LogP contribution in [0.5, 0.6) is 0 Å². The van der Waals surface area contributed by atoms with Crippen molar-refractivity contribution in [3.63, 3.8) is 0 Å². The van der Waals surface area contributed by atoms with Gasteiger partial charge in [-0.15, -0.1) is 11.3 Å². The number of thiophene rings is 1. The highest BCUT2D eigenvalue weighted by Crippen LogP contribution is 2.31. The van der Waals surface area contributed by atoms with Crippen LogP contribution in [0.1, 0.15) is 31.8 Å². The molecule has 0 aliphatic carbocycles. The fourth-order valence-corrected chi connectivity index (χ4v) is 4.49. The number of hydrogen-bond acceptors (Lipinski definition) is 5. The number of halogens is 3. The lowest BCUT2D eigenvalue weighted by atomic mass is 10.0. The number of rotatable bonds is 6. The smallest absolute Gasteiger partial charge is 0.313 e. The van der Waals surface area contributed by atoms with Crippen LogP contribution in [0, 0.1) is 6.92 Å². The van der Waals surface area contributed by atoms with Gasteiger partial charge in [-0.05, 0) is 47.7 Å². The first-order chi connectivity index (χ1) is 14.5. The van der Waals surface area contributed by atoms with Gasteiger partial charge in [0.1, 0.15) is 5.00 Å². The topological polar surface area (TPSA) is 80.3 Å². The molecule has 0 atom stereocenters. The van der Waals surface area contributed by atoms with Crippen LogP contribution in [0.3, 0.4) is 0 Å². The number of amides is 1. The van der Waals surface area contributed by atoms with Gasteiger partial charge in [0.2, 0.25) is 0 Å². The van der Waals surface area contributed by atoms with Crippen molar-refractivity contribution in [2.75, 3.05) is 5.32 Å². The zero-order valence-electron chi connectivity index (χ0n) is 16.1. The number of benzene rings is 2. The second-order valence-corrected chi connectivity index (χ2v) is 9.49. The largest absolute Gasteiger partial charge is 0.501 e. The first kappa shape index (κ1) is 22.7. The Labute approximate surface area is 180 Å². The molecule has 162 valence electrons. The molecule has 0 saturated carbocycles. The molecular weight excluding hydrogens is 451 g/mol. The molecule has 3 aromatic rings. The van der Waals surface area contributed by atoms with Crippen molar-refractivity contribution in [2.24, 2.45) is 0 Å². The summed E-state index contributed by atoms with van der Waals surface area (Å²) in [5.74, 6) is -0.865. The van der Waals surface area contributed by atoms with E-state index in [0.29, 0.717) is 10.6 Å². The number of alkyl halides is 3. The Kier molecular flexibility index (Phi) is 6.33. The predicted molar refractivity (Wildman–Crippen MR) is 111 cm³/mol. The highest BCUT2D eigenvalue weighted by molar-refractivity contribution is 7.92. The number of ketones is 1. The molecule has 31 heavy (non-hydrogen) atoms. The number of hydrogen-bond donors (Lipinski definition) is 1. The van der Waals surface area contributed by atoms with Gasteiger partial charge in [-0.25, -0.2) is 8.42 Å². The molecule has 0 saturated heterocycles. The molecular formula is C21H16F3NO4S2. The minimum atomic E-state index is -5.51. The highest BCUT2D eigenvalue weighted by Gasteiger charge is 2.46. The average Bonchev–Trinajstić information content (AvgIpc) is 3.16. The maximum atomic E-state index is 12.8. The van der Waals surface area contributed by atoms with Crippen LogP contribution in [0.15, 0.2) is 64.9 Å². The van der Waals surface area contributed by atoms with Crippen molar-refractivity contribution < 1.29 is 31.2 Å². The van der Waals surface area contributed by atoms with Gasteiger partial charge in [0.05, 0.1) is 10.5 Å². The van der Waals surface area contributed by atoms with E-state index >= 15 is 0 Å². The minimum Gasteiger partial charge on any atom is -0.313 e. The summed E-state index contributed by atoms with van der Waals surface area (Å²) in [6, 6.07) is 12.6. The molecule has 0 bridgehead atoms. The first-order valence-corrected chi connectivity index (χ1v) is 11.2. The van der Waals surface area contributed by atoms with Crippen LogP contribution < -0.4 is 5.32 Å². The molecule has 1 amide bonds. The predicted octanol–water partition coefficient (Wildman–Crippen LogP) is 5.03. The Bertz CT molecular complexity index is 1250. The quantitative estimate of drug-likeness (QED) is 0.516. The number of anilines is 1. The van der Waals surface area contributed by atoms with Gasteiger partial charge in [-0.3, -0.25) is 9.59 Å². The van der Waals surface area contributed by atoms with E-state index in [2.05, 4.69) is 5.32 Å². The third kappa shape index (κ3) is 4.86. The van der Waals surface area contributed by atoms with Crippen LogP contribution in [-0.2, 0) is 16.3 Å². The normalized spacial score (nSPS) is 11.9. The molecule has 0 fully saturated rings. The molecule has 0 spiro atoms. The Morgan fingerprint density at radius 2 is 1.71 bits per heavy atom. The van der Waals surface area contributed by atoms with Gasteiger partial charge in [0.25, 0.3) is 15.7 Å². The van der Waals surface area contributed by atoms with E-state index in [4.69, 9.17) is 0 Å². The summed E-state index contributed by atoms with van der Waals surface area (Å²) in [5.41, 5.74) is -3.93. The molecule has 0 unspecified atom stereocenters. The number of aryl methyl sites for hydroxylation is 1. The summed E-state index contributed by atoms with van der Waals surface area (Å²) in [7, 11) is -5.51. The molecule has 0 radical (unpaired) electrons. The fraction of sp³-hybridized carbons (Fsp3) is 0.143. The molecule has 2 aromatic carbocycles. The van der Waals surface area contributed by atoms with Crippen LogP contribution in [0.25, 0.3) is 0 Å². The second kappa shape index (κ2) is 8.64. The number of nitrogens with one attached hydrogen (secondary N) is 1. The lowest BCUT2D eigenvalue weighted by Crippen LogP contribution is -2.23. The zero-order chi connectivity index (χ0) is 22.8. The average molecular weight is 467 g/mol. The van der Waals surface area contributed by atoms with Gasteiger partial charge >= 0.3 is 5.51 Å². The number of carbonyl (C=O) groups excluding carboxylic acids is 2. The van der Waals surface area contributed by atoms with Gasteiger partial charge < -0.3 is 5.32 Å². The third-order valence-corrected chi connectivity index (χ3v) is 6.77. The Balaban J connectivity index is 1.81. The molecule has 1 aromatic heterocycles. The molecule has 0 aliphatic rings. The lowest BCUT2D eigenvalue weighted by molar-refractivity contribution is -0.0436. The Morgan fingerprint density at radius 1 is 1.00 bits per heavy atom. The van der Waals surface area contributed by atoms with Crippen molar-refractivity contribution in [1.82, 2.24) is 0 Å². The van der Waals surface area contributed by atoms with Gasteiger partial charge in [-0.1, -0.05) is 30.3 Å². The van der Waals surface area contributed by atoms with Crippen molar-refractivity contribution in [3.05, 3.63) is 82.2 Å². The SMILES string of the molecule is Cc1ccccc1C(=O)Nc1sccc1C(=O)Cc1cccc(S(=O)(=O)C(F)(F)F)c1. The lowest BCUT2D eigenvalue weighted by Gasteiger charge is -2.10. The molecule has 1 N–H and O–H groups in total. The van der Waals surface area contributed by atoms with E-state index < -0.39 is 31.9 Å². The van der Waals surface area contributed by atoms with Crippen LogP contribution >= 0.6 is 11.3 Å². The summed E-state index contributed by atoms with van der Waals surface area (Å²) < 4.78 is 61.6. The summed E-state index contributed by atoms with van der Waals surface area (Å²) in [6.45, 7) is 1.78. The minimum absolute atomic E-state index is 0.109. The third-order valence-electron chi connectivity index (χ3n) is 4.46. The molecule has 3 rings (SSSR count).